The molecule has 2 saturated carbocycles. The van der Waals surface area contributed by atoms with Gasteiger partial charge in [0.05, 0.1) is 24.4 Å². The molecule has 0 heterocycles. The molecule has 0 aromatic carbocycles. The third kappa shape index (κ3) is 3.68. The molecule has 0 spiro atoms. The van der Waals surface area contributed by atoms with E-state index in [2.05, 4.69) is 0 Å². The van der Waals surface area contributed by atoms with Gasteiger partial charge in [-0.25, -0.2) is 0 Å². The minimum absolute atomic E-state index is 0.0571. The van der Waals surface area contributed by atoms with Gasteiger partial charge in [0, 0.05) is 25.0 Å². The first kappa shape index (κ1) is 19.0. The maximum Gasteiger partial charge on any atom is 0.109 e. The molecule has 5 unspecified atom stereocenters. The van der Waals surface area contributed by atoms with Crippen LogP contribution < -0.4 is 0 Å². The minimum atomic E-state index is -1.50. The van der Waals surface area contributed by atoms with Crippen LogP contribution in [0.15, 0.2) is 0 Å². The molecule has 0 saturated heterocycles. The quantitative estimate of drug-likeness (QED) is 0.254. The van der Waals surface area contributed by atoms with E-state index in [-0.39, 0.29) is 12.8 Å². The van der Waals surface area contributed by atoms with Gasteiger partial charge in [-0.1, -0.05) is 0 Å². The molecule has 2 fully saturated rings. The number of hydrogen-bond donors (Lipinski definition) is 8. The van der Waals surface area contributed by atoms with Gasteiger partial charge in [-0.3, -0.25) is 0 Å². The summed E-state index contributed by atoms with van der Waals surface area (Å²) in [5.74, 6) is -1.38. The van der Waals surface area contributed by atoms with Crippen LogP contribution in [0.2, 0.25) is 0 Å². The molecule has 0 amide bonds. The molecule has 9 nitrogen and oxygen atoms in total. The zero-order chi connectivity index (χ0) is 17.3. The summed E-state index contributed by atoms with van der Waals surface area (Å²) < 4.78 is 5.59. The number of aliphatic hydroxyl groups is 8. The van der Waals surface area contributed by atoms with Crippen LogP contribution in [0, 0.1) is 11.8 Å². The highest BCUT2D eigenvalue weighted by Gasteiger charge is 2.48. The van der Waals surface area contributed by atoms with Gasteiger partial charge in [-0.2, -0.15) is 0 Å². The first-order valence-corrected chi connectivity index (χ1v) is 7.77. The molecule has 0 bridgehead atoms. The Morgan fingerprint density at radius 2 is 0.913 bits per heavy atom. The van der Waals surface area contributed by atoms with Crippen molar-refractivity contribution in [2.24, 2.45) is 11.8 Å². The lowest BCUT2D eigenvalue weighted by Crippen LogP contribution is -2.59. The maximum atomic E-state index is 10.0. The Balaban J connectivity index is 2.07. The van der Waals surface area contributed by atoms with E-state index in [1.165, 1.54) is 0 Å². The van der Waals surface area contributed by atoms with E-state index >= 15 is 0 Å². The Kier molecular flexibility index (Phi) is 6.34. The fraction of sp³-hybridized carbons (Fsp3) is 1.00. The van der Waals surface area contributed by atoms with E-state index in [1.807, 2.05) is 0 Å². The second-order valence-corrected chi connectivity index (χ2v) is 6.51. The van der Waals surface area contributed by atoms with Crippen LogP contribution in [-0.4, -0.2) is 103 Å². The first-order valence-electron chi connectivity index (χ1n) is 7.77. The van der Waals surface area contributed by atoms with E-state index < -0.39 is 73.9 Å². The van der Waals surface area contributed by atoms with Crippen molar-refractivity contribution in [3.05, 3.63) is 0 Å². The van der Waals surface area contributed by atoms with Gasteiger partial charge in [-0.05, 0) is 12.8 Å². The Hall–Kier alpha value is -0.360. The summed E-state index contributed by atoms with van der Waals surface area (Å²) in [6, 6.07) is 0. The van der Waals surface area contributed by atoms with Crippen molar-refractivity contribution in [2.75, 3.05) is 13.2 Å². The number of ether oxygens (including phenoxy) is 1. The van der Waals surface area contributed by atoms with Gasteiger partial charge in [-0.15, -0.1) is 0 Å². The standard InChI is InChI=1S/C14H26O9/c15-3-5-1-7(11(19)13(21)9(5)17)23-8-2-6(4-16)10(18)14(22)12(8)20/h5-22H,1-4H2/t5?,6?,7-,8?,9+,10+,11?,12+,13?,14+/m1/s1. The van der Waals surface area contributed by atoms with Crippen molar-refractivity contribution in [2.45, 2.75) is 61.7 Å². The van der Waals surface area contributed by atoms with Crippen LogP contribution >= 0.6 is 0 Å². The molecule has 2 rings (SSSR count). The lowest BCUT2D eigenvalue weighted by Gasteiger charge is -2.45. The van der Waals surface area contributed by atoms with Crippen molar-refractivity contribution in [1.82, 2.24) is 0 Å². The maximum absolute atomic E-state index is 10.0. The highest BCUT2D eigenvalue weighted by molar-refractivity contribution is 4.97. The molecule has 9 heteroatoms. The number of aliphatic hydroxyl groups excluding tert-OH is 8. The van der Waals surface area contributed by atoms with Crippen molar-refractivity contribution in [3.8, 4) is 0 Å². The predicted octanol–water partition coefficient (Wildman–Crippen LogP) is -4.07. The predicted molar refractivity (Wildman–Crippen MR) is 75.1 cm³/mol. The highest BCUT2D eigenvalue weighted by Crippen LogP contribution is 2.33. The van der Waals surface area contributed by atoms with Crippen molar-refractivity contribution < 1.29 is 45.6 Å². The van der Waals surface area contributed by atoms with Gasteiger partial charge < -0.3 is 45.6 Å². The molecular weight excluding hydrogens is 312 g/mol. The van der Waals surface area contributed by atoms with Crippen molar-refractivity contribution in [1.29, 1.82) is 0 Å². The van der Waals surface area contributed by atoms with Gasteiger partial charge >= 0.3 is 0 Å². The average Bonchev–Trinajstić information content (AvgIpc) is 2.55. The zero-order valence-electron chi connectivity index (χ0n) is 12.6. The van der Waals surface area contributed by atoms with Gasteiger partial charge in [0.2, 0.25) is 0 Å². The van der Waals surface area contributed by atoms with Crippen LogP contribution in [-0.2, 0) is 4.74 Å². The van der Waals surface area contributed by atoms with Gasteiger partial charge in [0.25, 0.3) is 0 Å². The second kappa shape index (κ2) is 7.68. The molecule has 23 heavy (non-hydrogen) atoms. The summed E-state index contributed by atoms with van der Waals surface area (Å²) >= 11 is 0. The molecule has 0 radical (unpaired) electrons. The molecule has 10 atom stereocenters. The van der Waals surface area contributed by atoms with Gasteiger partial charge in [0.15, 0.2) is 0 Å². The number of hydrogen-bond acceptors (Lipinski definition) is 9. The number of rotatable bonds is 4. The van der Waals surface area contributed by atoms with E-state index in [4.69, 9.17) is 4.74 Å². The van der Waals surface area contributed by atoms with Crippen LogP contribution in [0.5, 0.6) is 0 Å². The van der Waals surface area contributed by atoms with Crippen LogP contribution in [0.3, 0.4) is 0 Å². The van der Waals surface area contributed by atoms with E-state index in [1.54, 1.807) is 0 Å². The summed E-state index contributed by atoms with van der Waals surface area (Å²) in [7, 11) is 0. The van der Waals surface area contributed by atoms with Crippen molar-refractivity contribution in [3.63, 3.8) is 0 Å². The monoisotopic (exact) mass is 338 g/mol. The van der Waals surface area contributed by atoms with Gasteiger partial charge in [0.1, 0.15) is 24.4 Å². The lowest BCUT2D eigenvalue weighted by atomic mass is 9.79. The SMILES string of the molecule is OCC1C[C@@H](OC2CC(CO)[C@H](O)[C@H](O)[C@H]2O)C(O)C(O)[C@H]1O. The molecule has 2 aliphatic carbocycles. The third-order valence-corrected chi connectivity index (χ3v) is 5.02. The molecule has 8 N–H and O–H groups in total. The Morgan fingerprint density at radius 3 is 1.22 bits per heavy atom. The molecule has 0 aliphatic heterocycles. The molecular formula is C14H26O9. The molecule has 2 aliphatic rings. The lowest BCUT2D eigenvalue weighted by molar-refractivity contribution is -0.231. The Morgan fingerprint density at radius 1 is 0.565 bits per heavy atom. The molecule has 0 aromatic rings. The third-order valence-electron chi connectivity index (χ3n) is 5.02. The van der Waals surface area contributed by atoms with Crippen LogP contribution in [0.25, 0.3) is 0 Å². The van der Waals surface area contributed by atoms with Crippen LogP contribution in [0.1, 0.15) is 12.8 Å². The van der Waals surface area contributed by atoms with E-state index in [9.17, 15) is 40.9 Å². The normalized spacial score (nSPS) is 51.7. The zero-order valence-corrected chi connectivity index (χ0v) is 12.6. The van der Waals surface area contributed by atoms with E-state index in [0.717, 1.165) is 0 Å². The second-order valence-electron chi connectivity index (χ2n) is 6.51. The topological polar surface area (TPSA) is 171 Å². The summed E-state index contributed by atoms with van der Waals surface area (Å²) in [4.78, 5) is 0. The summed E-state index contributed by atoms with van der Waals surface area (Å²) in [6.45, 7) is -0.808. The first-order chi connectivity index (χ1) is 10.8. The summed E-state index contributed by atoms with van der Waals surface area (Å²) in [5.41, 5.74) is 0. The smallest absolute Gasteiger partial charge is 0.109 e. The van der Waals surface area contributed by atoms with Crippen molar-refractivity contribution >= 4 is 0 Å². The average molecular weight is 338 g/mol. The summed E-state index contributed by atoms with van der Waals surface area (Å²) in [6.07, 6.45) is -10.2. The fourth-order valence-corrected chi connectivity index (χ4v) is 3.42. The van der Waals surface area contributed by atoms with Crippen LogP contribution in [0.4, 0.5) is 0 Å². The highest BCUT2D eigenvalue weighted by atomic mass is 16.5. The summed E-state index contributed by atoms with van der Waals surface area (Å²) in [5, 5.41) is 77.7. The molecule has 136 valence electrons. The molecule has 0 aromatic heterocycles. The largest absolute Gasteiger partial charge is 0.396 e. The Labute approximate surface area is 133 Å². The Bertz CT molecular complexity index is 343. The minimum Gasteiger partial charge on any atom is -0.396 e. The fourth-order valence-electron chi connectivity index (χ4n) is 3.42. The van der Waals surface area contributed by atoms with E-state index in [0.29, 0.717) is 0 Å².